The van der Waals surface area contributed by atoms with Gasteiger partial charge in [0.05, 0.1) is 11.6 Å². The Hall–Kier alpha value is -2.95. The van der Waals surface area contributed by atoms with Gasteiger partial charge in [0.2, 0.25) is 5.60 Å². The summed E-state index contributed by atoms with van der Waals surface area (Å²) in [7, 11) is 0. The molecule has 0 radical (unpaired) electrons. The molecule has 32 heavy (non-hydrogen) atoms. The van der Waals surface area contributed by atoms with E-state index in [9.17, 15) is 4.79 Å². The molecule has 3 aromatic rings. The number of oxime groups is 1. The summed E-state index contributed by atoms with van der Waals surface area (Å²) in [5, 5.41) is 5.18. The van der Waals surface area contributed by atoms with Crippen molar-refractivity contribution in [1.29, 1.82) is 0 Å². The molecular formula is C27H25ClN2O2. The van der Waals surface area contributed by atoms with E-state index < -0.39 is 5.60 Å². The second kappa shape index (κ2) is 8.53. The zero-order valence-electron chi connectivity index (χ0n) is 17.9. The Kier molecular flexibility index (Phi) is 5.58. The van der Waals surface area contributed by atoms with Crippen LogP contribution in [0.15, 0.2) is 90.1 Å². The largest absolute Gasteiger partial charge is 0.378 e. The summed E-state index contributed by atoms with van der Waals surface area (Å²) in [6.45, 7) is 3.37. The first kappa shape index (κ1) is 20.9. The Morgan fingerprint density at radius 1 is 1.00 bits per heavy atom. The first-order chi connectivity index (χ1) is 15.6. The van der Waals surface area contributed by atoms with Crippen LogP contribution in [0.4, 0.5) is 0 Å². The SMILES string of the molecule is C[C@H](c1ccccc1)N1CCC(=O)[C@]2(C1)ON=C(c1ccccc1)[C@H]2c1ccc(Cl)cc1. The van der Waals surface area contributed by atoms with Gasteiger partial charge >= 0.3 is 0 Å². The monoisotopic (exact) mass is 444 g/mol. The molecule has 1 spiro atoms. The van der Waals surface area contributed by atoms with Crippen LogP contribution < -0.4 is 0 Å². The second-order valence-electron chi connectivity index (χ2n) is 8.54. The van der Waals surface area contributed by atoms with Crippen LogP contribution in [0.5, 0.6) is 0 Å². The molecule has 4 nitrogen and oxygen atoms in total. The number of hydrogen-bond acceptors (Lipinski definition) is 4. The Bertz CT molecular complexity index is 1130. The number of halogens is 1. The number of nitrogens with zero attached hydrogens (tertiary/aromatic N) is 2. The lowest BCUT2D eigenvalue weighted by molar-refractivity contribution is -0.153. The van der Waals surface area contributed by atoms with Gasteiger partial charge in [-0.05, 0) is 30.2 Å². The van der Waals surface area contributed by atoms with E-state index in [1.54, 1.807) is 0 Å². The van der Waals surface area contributed by atoms with E-state index in [1.165, 1.54) is 5.56 Å². The van der Waals surface area contributed by atoms with Gasteiger partial charge in [0.25, 0.3) is 0 Å². The van der Waals surface area contributed by atoms with Crippen LogP contribution in [-0.4, -0.2) is 35.1 Å². The summed E-state index contributed by atoms with van der Waals surface area (Å²) >= 11 is 6.17. The van der Waals surface area contributed by atoms with Gasteiger partial charge in [-0.2, -0.15) is 0 Å². The van der Waals surface area contributed by atoms with Crippen LogP contribution in [-0.2, 0) is 9.63 Å². The number of piperidine rings is 1. The van der Waals surface area contributed by atoms with Crippen LogP contribution in [0, 0.1) is 0 Å². The highest BCUT2D eigenvalue weighted by Crippen LogP contribution is 2.45. The smallest absolute Gasteiger partial charge is 0.220 e. The minimum atomic E-state index is -1.06. The Morgan fingerprint density at radius 3 is 2.34 bits per heavy atom. The number of ketones is 1. The van der Waals surface area contributed by atoms with E-state index in [1.807, 2.05) is 60.7 Å². The van der Waals surface area contributed by atoms with Crippen LogP contribution in [0.25, 0.3) is 0 Å². The van der Waals surface area contributed by atoms with E-state index in [4.69, 9.17) is 16.4 Å². The van der Waals surface area contributed by atoms with Crippen molar-refractivity contribution < 1.29 is 9.63 Å². The lowest BCUT2D eigenvalue weighted by atomic mass is 9.72. The highest BCUT2D eigenvalue weighted by molar-refractivity contribution is 6.30. The Morgan fingerprint density at radius 2 is 1.66 bits per heavy atom. The predicted octanol–water partition coefficient (Wildman–Crippen LogP) is 5.63. The van der Waals surface area contributed by atoms with Gasteiger partial charge in [0, 0.05) is 36.1 Å². The molecule has 1 fully saturated rings. The molecular weight excluding hydrogens is 420 g/mol. The number of likely N-dealkylation sites (tertiary alicyclic amines) is 1. The van der Waals surface area contributed by atoms with Crippen molar-refractivity contribution in [1.82, 2.24) is 4.90 Å². The molecule has 3 atom stereocenters. The van der Waals surface area contributed by atoms with Gasteiger partial charge in [-0.1, -0.05) is 89.6 Å². The maximum atomic E-state index is 13.5. The number of Topliss-reactive ketones (excluding diaryl/α,β-unsaturated/α-hetero) is 1. The zero-order chi connectivity index (χ0) is 22.1. The summed E-state index contributed by atoms with van der Waals surface area (Å²) in [6, 6.07) is 28.2. The van der Waals surface area contributed by atoms with Crippen LogP contribution in [0.3, 0.4) is 0 Å². The normalized spacial score (nSPS) is 24.2. The third-order valence-corrected chi connectivity index (χ3v) is 6.94. The standard InChI is InChI=1S/C27H25ClN2O2/c1-19(20-8-4-2-5-9-20)30-17-16-24(31)27(18-30)25(21-12-14-23(28)15-13-21)26(29-32-27)22-10-6-3-7-11-22/h2-15,19,25H,16-18H2,1H3/t19-,25-,27+/m1/s1. The van der Waals surface area contributed by atoms with Crippen molar-refractivity contribution in [2.45, 2.75) is 30.9 Å². The third-order valence-electron chi connectivity index (χ3n) is 6.69. The lowest BCUT2D eigenvalue weighted by Gasteiger charge is -2.43. The van der Waals surface area contributed by atoms with E-state index in [0.717, 1.165) is 16.8 Å². The molecule has 0 aliphatic carbocycles. The topological polar surface area (TPSA) is 41.9 Å². The van der Waals surface area contributed by atoms with Crippen molar-refractivity contribution in [3.8, 4) is 0 Å². The first-order valence-corrected chi connectivity index (χ1v) is 11.4. The van der Waals surface area contributed by atoms with Gasteiger partial charge in [0.15, 0.2) is 5.78 Å². The van der Waals surface area contributed by atoms with E-state index >= 15 is 0 Å². The molecule has 0 saturated carbocycles. The molecule has 0 amide bonds. The fraction of sp³-hybridized carbons (Fsp3) is 0.259. The average Bonchev–Trinajstić information content (AvgIpc) is 3.22. The van der Waals surface area contributed by atoms with Crippen molar-refractivity contribution in [2.75, 3.05) is 13.1 Å². The number of benzene rings is 3. The molecule has 5 heteroatoms. The fourth-order valence-electron chi connectivity index (χ4n) is 4.90. The number of carbonyl (C=O) groups excluding carboxylic acids is 1. The molecule has 5 rings (SSSR count). The van der Waals surface area contributed by atoms with Gasteiger partial charge in [-0.3, -0.25) is 9.69 Å². The predicted molar refractivity (Wildman–Crippen MR) is 127 cm³/mol. The summed E-state index contributed by atoms with van der Waals surface area (Å²) in [6.07, 6.45) is 0.429. The molecule has 0 N–H and O–H groups in total. The maximum absolute atomic E-state index is 13.5. The van der Waals surface area contributed by atoms with Crippen molar-refractivity contribution in [3.05, 3.63) is 107 Å². The molecule has 1 saturated heterocycles. The number of rotatable bonds is 4. The van der Waals surface area contributed by atoms with Gasteiger partial charge in [-0.25, -0.2) is 0 Å². The first-order valence-electron chi connectivity index (χ1n) is 11.0. The molecule has 2 aliphatic heterocycles. The summed E-state index contributed by atoms with van der Waals surface area (Å²) < 4.78 is 0. The molecule has 0 unspecified atom stereocenters. The number of hydrogen-bond donors (Lipinski definition) is 0. The minimum absolute atomic E-state index is 0.101. The van der Waals surface area contributed by atoms with Crippen molar-refractivity contribution >= 4 is 23.1 Å². The van der Waals surface area contributed by atoms with E-state index in [2.05, 4.69) is 41.2 Å². The molecule has 2 aliphatic rings. The highest BCUT2D eigenvalue weighted by atomic mass is 35.5. The molecule has 2 heterocycles. The fourth-order valence-corrected chi connectivity index (χ4v) is 5.02. The third kappa shape index (κ3) is 3.64. The molecule has 162 valence electrons. The Balaban J connectivity index is 1.56. The lowest BCUT2D eigenvalue weighted by Crippen LogP contribution is -2.58. The summed E-state index contributed by atoms with van der Waals surface area (Å²) in [5.41, 5.74) is 2.90. The van der Waals surface area contributed by atoms with Gasteiger partial charge in [-0.15, -0.1) is 0 Å². The average molecular weight is 445 g/mol. The van der Waals surface area contributed by atoms with Crippen molar-refractivity contribution in [3.63, 3.8) is 0 Å². The minimum Gasteiger partial charge on any atom is -0.378 e. The molecule has 3 aromatic carbocycles. The quantitative estimate of drug-likeness (QED) is 0.523. The van der Waals surface area contributed by atoms with Crippen LogP contribution >= 0.6 is 11.6 Å². The molecule has 0 aromatic heterocycles. The molecule has 0 bridgehead atoms. The van der Waals surface area contributed by atoms with Gasteiger partial charge in [0.1, 0.15) is 0 Å². The van der Waals surface area contributed by atoms with Crippen LogP contribution in [0.1, 0.15) is 42.0 Å². The Labute approximate surface area is 193 Å². The number of carbonyl (C=O) groups is 1. The van der Waals surface area contributed by atoms with Crippen molar-refractivity contribution in [2.24, 2.45) is 5.16 Å². The zero-order valence-corrected chi connectivity index (χ0v) is 18.7. The summed E-state index contributed by atoms with van der Waals surface area (Å²) in [4.78, 5) is 22.0. The van der Waals surface area contributed by atoms with E-state index in [-0.39, 0.29) is 17.7 Å². The van der Waals surface area contributed by atoms with E-state index in [0.29, 0.717) is 24.5 Å². The highest BCUT2D eigenvalue weighted by Gasteiger charge is 2.58. The van der Waals surface area contributed by atoms with Gasteiger partial charge < -0.3 is 4.84 Å². The maximum Gasteiger partial charge on any atom is 0.220 e. The second-order valence-corrected chi connectivity index (χ2v) is 8.97. The summed E-state index contributed by atoms with van der Waals surface area (Å²) in [5.74, 6) is -0.205. The van der Waals surface area contributed by atoms with Crippen LogP contribution in [0.2, 0.25) is 5.02 Å².